The molecule has 1 aliphatic heterocycles. The highest BCUT2D eigenvalue weighted by Crippen LogP contribution is 2.19. The Balaban J connectivity index is 2.28. The second-order valence-corrected chi connectivity index (χ2v) is 6.87. The van der Waals surface area contributed by atoms with Crippen LogP contribution in [0.2, 0.25) is 0 Å². The predicted molar refractivity (Wildman–Crippen MR) is 70.7 cm³/mol. The first-order valence-electron chi connectivity index (χ1n) is 6.71. The number of rotatable bonds is 4. The molecule has 1 fully saturated rings. The number of carboxylic acid groups (broad SMARTS) is 1. The molecule has 1 saturated heterocycles. The number of halogens is 1. The average Bonchev–Trinajstić information content (AvgIpc) is 2.47. The number of aromatic carboxylic acids is 1. The fourth-order valence-electron chi connectivity index (χ4n) is 2.37. The van der Waals surface area contributed by atoms with E-state index in [-0.39, 0.29) is 4.90 Å². The Morgan fingerprint density at radius 3 is 2.52 bits per heavy atom. The van der Waals surface area contributed by atoms with Gasteiger partial charge in [-0.15, -0.1) is 0 Å². The molecule has 2 rings (SSSR count). The number of sulfonamides is 1. The number of quaternary nitrogens is 1. The summed E-state index contributed by atoms with van der Waals surface area (Å²) in [5.41, 5.74) is -0.742. The summed E-state index contributed by atoms with van der Waals surface area (Å²) in [6, 6.07) is 2.74. The van der Waals surface area contributed by atoms with E-state index in [9.17, 15) is 22.7 Å². The molecule has 0 atom stereocenters. The van der Waals surface area contributed by atoms with Gasteiger partial charge in [0.15, 0.2) is 0 Å². The molecular weight excluding hydrogens is 299 g/mol. The van der Waals surface area contributed by atoms with Crippen LogP contribution >= 0.6 is 0 Å². The number of hydrogen-bond donors (Lipinski definition) is 1. The van der Waals surface area contributed by atoms with Gasteiger partial charge in [0.05, 0.1) is 43.6 Å². The molecule has 8 heteroatoms. The first-order valence-corrected chi connectivity index (χ1v) is 8.15. The van der Waals surface area contributed by atoms with Crippen molar-refractivity contribution in [1.29, 1.82) is 0 Å². The maximum absolute atomic E-state index is 13.3. The monoisotopic (exact) mass is 316 g/mol. The number of carbonyl (C=O) groups is 1. The van der Waals surface area contributed by atoms with Crippen LogP contribution in [0.1, 0.15) is 17.3 Å². The zero-order chi connectivity index (χ0) is 15.6. The second kappa shape index (κ2) is 6.08. The van der Waals surface area contributed by atoms with E-state index >= 15 is 0 Å². The molecular formula is C13H17FN2O4S. The summed E-state index contributed by atoms with van der Waals surface area (Å²) in [7, 11) is -3.80. The minimum atomic E-state index is -3.80. The molecule has 0 spiro atoms. The Morgan fingerprint density at radius 1 is 1.38 bits per heavy atom. The van der Waals surface area contributed by atoms with Crippen molar-refractivity contribution >= 4 is 16.0 Å². The summed E-state index contributed by atoms with van der Waals surface area (Å²) in [5.74, 6) is -2.74. The van der Waals surface area contributed by atoms with Crippen molar-refractivity contribution in [3.8, 4) is 0 Å². The molecule has 21 heavy (non-hydrogen) atoms. The van der Waals surface area contributed by atoms with Gasteiger partial charge >= 0.3 is 0 Å². The minimum absolute atomic E-state index is 0.219. The Labute approximate surface area is 122 Å². The second-order valence-electron chi connectivity index (χ2n) is 4.94. The lowest BCUT2D eigenvalue weighted by atomic mass is 10.2. The highest BCUT2D eigenvalue weighted by atomic mass is 32.2. The number of likely N-dealkylation sites (N-methyl/N-ethyl adjacent to an activating group) is 1. The predicted octanol–water partition coefficient (Wildman–Crippen LogP) is -1.90. The van der Waals surface area contributed by atoms with Gasteiger partial charge in [0, 0.05) is 5.56 Å². The van der Waals surface area contributed by atoms with Gasteiger partial charge in [-0.1, -0.05) is 0 Å². The maximum Gasteiger partial charge on any atom is 0.243 e. The number of nitrogens with zero attached hydrogens (tertiary/aromatic N) is 1. The summed E-state index contributed by atoms with van der Waals surface area (Å²) < 4.78 is 39.5. The van der Waals surface area contributed by atoms with Gasteiger partial charge in [-0.3, -0.25) is 0 Å². The van der Waals surface area contributed by atoms with Crippen molar-refractivity contribution in [2.24, 2.45) is 0 Å². The van der Waals surface area contributed by atoms with Crippen molar-refractivity contribution in [1.82, 2.24) is 4.31 Å². The largest absolute Gasteiger partial charge is 0.545 e. The normalized spacial score (nSPS) is 17.8. The van der Waals surface area contributed by atoms with Gasteiger partial charge in [0.1, 0.15) is 5.82 Å². The summed E-state index contributed by atoms with van der Waals surface area (Å²) in [4.78, 5) is 11.9. The Kier molecular flexibility index (Phi) is 4.60. The van der Waals surface area contributed by atoms with Crippen LogP contribution in [0.4, 0.5) is 4.39 Å². The molecule has 0 unspecified atom stereocenters. The SMILES string of the molecule is CC[NH+]1CCN(S(=O)(=O)c2ccc(F)c(C(=O)[O-])c2)CC1. The van der Waals surface area contributed by atoms with Crippen LogP contribution in [0.15, 0.2) is 23.1 Å². The number of carboxylic acids is 1. The van der Waals surface area contributed by atoms with Gasteiger partial charge in [0.25, 0.3) is 0 Å². The van der Waals surface area contributed by atoms with Crippen molar-refractivity contribution < 1.29 is 27.6 Å². The third-order valence-corrected chi connectivity index (χ3v) is 5.62. The summed E-state index contributed by atoms with van der Waals surface area (Å²) in [5, 5.41) is 10.8. The van der Waals surface area contributed by atoms with E-state index in [4.69, 9.17) is 0 Å². The van der Waals surface area contributed by atoms with Gasteiger partial charge < -0.3 is 14.8 Å². The number of carbonyl (C=O) groups excluding carboxylic acids is 1. The molecule has 0 aromatic heterocycles. The van der Waals surface area contributed by atoms with Crippen LogP contribution in [0, 0.1) is 5.82 Å². The average molecular weight is 316 g/mol. The smallest absolute Gasteiger partial charge is 0.243 e. The van der Waals surface area contributed by atoms with Crippen LogP contribution < -0.4 is 10.0 Å². The number of piperazine rings is 1. The lowest BCUT2D eigenvalue weighted by Crippen LogP contribution is -3.14. The molecule has 1 N–H and O–H groups in total. The first kappa shape index (κ1) is 15.9. The lowest BCUT2D eigenvalue weighted by Gasteiger charge is -2.30. The molecule has 6 nitrogen and oxygen atoms in total. The quantitative estimate of drug-likeness (QED) is 0.703. The summed E-state index contributed by atoms with van der Waals surface area (Å²) in [6.07, 6.45) is 0. The molecule has 0 saturated carbocycles. The molecule has 116 valence electrons. The van der Waals surface area contributed by atoms with E-state index in [0.29, 0.717) is 26.2 Å². The summed E-state index contributed by atoms with van der Waals surface area (Å²) in [6.45, 7) is 5.09. The Bertz CT molecular complexity index is 640. The first-order chi connectivity index (χ1) is 9.86. The van der Waals surface area contributed by atoms with E-state index in [1.807, 2.05) is 6.92 Å². The molecule has 0 bridgehead atoms. The molecule has 1 aliphatic rings. The van der Waals surface area contributed by atoms with Crippen molar-refractivity contribution in [3.63, 3.8) is 0 Å². The van der Waals surface area contributed by atoms with Crippen LogP contribution in [-0.2, 0) is 10.0 Å². The van der Waals surface area contributed by atoms with E-state index in [2.05, 4.69) is 0 Å². The van der Waals surface area contributed by atoms with Gasteiger partial charge in [0.2, 0.25) is 10.0 Å². The zero-order valence-corrected chi connectivity index (χ0v) is 12.5. The zero-order valence-electron chi connectivity index (χ0n) is 11.6. The minimum Gasteiger partial charge on any atom is -0.545 e. The van der Waals surface area contributed by atoms with Crippen LogP contribution in [0.5, 0.6) is 0 Å². The fourth-order valence-corrected chi connectivity index (χ4v) is 3.83. The fraction of sp³-hybridized carbons (Fsp3) is 0.462. The standard InChI is InChI=1S/C13H17FN2O4S/c1-2-15-5-7-16(8-6-15)21(19,20)10-3-4-12(14)11(9-10)13(17)18/h3-4,9H,2,5-8H2,1H3,(H,17,18). The maximum atomic E-state index is 13.3. The van der Waals surface area contributed by atoms with Gasteiger partial charge in [-0.2, -0.15) is 4.31 Å². The molecule has 0 aliphatic carbocycles. The van der Waals surface area contributed by atoms with Gasteiger partial charge in [-0.25, -0.2) is 12.8 Å². The Morgan fingerprint density at radius 2 is 2.00 bits per heavy atom. The molecule has 1 aromatic carbocycles. The highest BCUT2D eigenvalue weighted by Gasteiger charge is 2.30. The van der Waals surface area contributed by atoms with Crippen LogP contribution in [0.25, 0.3) is 0 Å². The molecule has 0 amide bonds. The van der Waals surface area contributed by atoms with Crippen LogP contribution in [-0.4, -0.2) is 51.4 Å². The Hall–Kier alpha value is -1.51. The lowest BCUT2D eigenvalue weighted by molar-refractivity contribution is -0.901. The van der Waals surface area contributed by atoms with E-state index < -0.39 is 27.4 Å². The van der Waals surface area contributed by atoms with Crippen molar-refractivity contribution in [3.05, 3.63) is 29.6 Å². The number of nitrogens with one attached hydrogen (secondary N) is 1. The molecule has 0 radical (unpaired) electrons. The van der Waals surface area contributed by atoms with E-state index in [1.165, 1.54) is 9.21 Å². The van der Waals surface area contributed by atoms with Crippen molar-refractivity contribution in [2.45, 2.75) is 11.8 Å². The molecule has 1 heterocycles. The van der Waals surface area contributed by atoms with E-state index in [1.54, 1.807) is 0 Å². The van der Waals surface area contributed by atoms with Crippen molar-refractivity contribution in [2.75, 3.05) is 32.7 Å². The van der Waals surface area contributed by atoms with Gasteiger partial charge in [-0.05, 0) is 25.1 Å². The van der Waals surface area contributed by atoms with E-state index in [0.717, 1.165) is 24.7 Å². The summed E-state index contributed by atoms with van der Waals surface area (Å²) >= 11 is 0. The highest BCUT2D eigenvalue weighted by molar-refractivity contribution is 7.89. The third kappa shape index (κ3) is 3.22. The number of benzene rings is 1. The number of hydrogen-bond acceptors (Lipinski definition) is 4. The molecule has 1 aromatic rings. The third-order valence-electron chi connectivity index (χ3n) is 3.73. The van der Waals surface area contributed by atoms with Crippen LogP contribution in [0.3, 0.4) is 0 Å². The topological polar surface area (TPSA) is 82.0 Å².